The predicted molar refractivity (Wildman–Crippen MR) is 65.5 cm³/mol. The molecule has 2 rings (SSSR count). The van der Waals surface area contributed by atoms with Gasteiger partial charge in [0.25, 0.3) is 0 Å². The summed E-state index contributed by atoms with van der Waals surface area (Å²) in [6, 6.07) is 8.21. The first-order valence-electron chi connectivity index (χ1n) is 5.45. The Morgan fingerprint density at radius 1 is 1.00 bits per heavy atom. The van der Waals surface area contributed by atoms with Gasteiger partial charge in [-0.1, -0.05) is 12.2 Å². The zero-order valence-electron chi connectivity index (χ0n) is 9.38. The summed E-state index contributed by atoms with van der Waals surface area (Å²) in [6.07, 6.45) is 12.0. The van der Waals surface area contributed by atoms with E-state index in [-0.39, 0.29) is 0 Å². The Morgan fingerprint density at radius 3 is 2.12 bits per heavy atom. The summed E-state index contributed by atoms with van der Waals surface area (Å²) >= 11 is 0. The number of rotatable bonds is 3. The van der Waals surface area contributed by atoms with Gasteiger partial charge in [-0.2, -0.15) is 0 Å². The molecule has 0 amide bonds. The van der Waals surface area contributed by atoms with Crippen LogP contribution in [0.5, 0.6) is 0 Å². The van der Waals surface area contributed by atoms with Crippen molar-refractivity contribution in [2.75, 3.05) is 0 Å². The third kappa shape index (κ3) is 2.76. The minimum Gasteiger partial charge on any atom is -0.265 e. The fraction of sp³-hybridized carbons (Fsp3) is 0.143. The molecule has 0 aliphatic heterocycles. The van der Waals surface area contributed by atoms with Crippen LogP contribution in [-0.2, 0) is 6.54 Å². The Hall–Kier alpha value is -1.96. The monoisotopic (exact) mass is 211 g/mol. The van der Waals surface area contributed by atoms with Crippen LogP contribution in [0.2, 0.25) is 0 Å². The lowest BCUT2D eigenvalue weighted by Crippen LogP contribution is -2.30. The van der Waals surface area contributed by atoms with Crippen LogP contribution >= 0.6 is 0 Å². The first kappa shape index (κ1) is 10.6. The van der Waals surface area contributed by atoms with Gasteiger partial charge in [-0.3, -0.25) is 4.98 Å². The molecule has 2 heterocycles. The number of pyridine rings is 2. The molecule has 0 saturated heterocycles. The molecule has 2 aromatic heterocycles. The third-order valence-corrected chi connectivity index (χ3v) is 2.46. The molecule has 2 heteroatoms. The van der Waals surface area contributed by atoms with Crippen molar-refractivity contribution in [3.63, 3.8) is 0 Å². The molecule has 0 fully saturated rings. The summed E-state index contributed by atoms with van der Waals surface area (Å²) in [7, 11) is 0. The van der Waals surface area contributed by atoms with Crippen molar-refractivity contribution in [3.8, 4) is 0 Å². The van der Waals surface area contributed by atoms with Crippen molar-refractivity contribution in [3.05, 3.63) is 60.2 Å². The maximum atomic E-state index is 3.99. The zero-order valence-corrected chi connectivity index (χ0v) is 9.38. The van der Waals surface area contributed by atoms with Gasteiger partial charge in [0.15, 0.2) is 12.4 Å². The molecule has 0 atom stereocenters. The molecule has 0 N–H and O–H groups in total. The summed E-state index contributed by atoms with van der Waals surface area (Å²) in [5.41, 5.74) is 2.38. The molecular weight excluding hydrogens is 196 g/mol. The maximum Gasteiger partial charge on any atom is 0.169 e. The van der Waals surface area contributed by atoms with E-state index in [2.05, 4.69) is 53.2 Å². The van der Waals surface area contributed by atoms with E-state index in [0.717, 1.165) is 6.54 Å². The Labute approximate surface area is 95.9 Å². The van der Waals surface area contributed by atoms with Gasteiger partial charge in [0.2, 0.25) is 0 Å². The van der Waals surface area contributed by atoms with Crippen molar-refractivity contribution in [2.24, 2.45) is 0 Å². The van der Waals surface area contributed by atoms with Crippen LogP contribution in [0.25, 0.3) is 12.2 Å². The number of aryl methyl sites for hydroxylation is 1. The van der Waals surface area contributed by atoms with Gasteiger partial charge < -0.3 is 0 Å². The van der Waals surface area contributed by atoms with Gasteiger partial charge in [0.1, 0.15) is 6.54 Å². The predicted octanol–water partition coefficient (Wildman–Crippen LogP) is 2.56. The third-order valence-electron chi connectivity index (χ3n) is 2.46. The molecule has 0 bridgehead atoms. The molecule has 0 radical (unpaired) electrons. The lowest BCUT2D eigenvalue weighted by molar-refractivity contribution is -0.693. The van der Waals surface area contributed by atoms with Crippen LogP contribution in [0.3, 0.4) is 0 Å². The van der Waals surface area contributed by atoms with Crippen LogP contribution in [0, 0.1) is 0 Å². The van der Waals surface area contributed by atoms with Gasteiger partial charge in [0, 0.05) is 24.5 Å². The molecule has 80 valence electrons. The summed E-state index contributed by atoms with van der Waals surface area (Å²) in [5.74, 6) is 0. The number of nitrogens with zero attached hydrogens (tertiary/aromatic N) is 2. The largest absolute Gasteiger partial charge is 0.265 e. The highest BCUT2D eigenvalue weighted by molar-refractivity contribution is 5.68. The van der Waals surface area contributed by atoms with Crippen molar-refractivity contribution in [1.29, 1.82) is 0 Å². The lowest BCUT2D eigenvalue weighted by atomic mass is 10.2. The van der Waals surface area contributed by atoms with E-state index >= 15 is 0 Å². The van der Waals surface area contributed by atoms with E-state index in [1.807, 2.05) is 12.1 Å². The zero-order chi connectivity index (χ0) is 11.2. The smallest absolute Gasteiger partial charge is 0.169 e. The Balaban J connectivity index is 2.12. The Morgan fingerprint density at radius 2 is 1.56 bits per heavy atom. The molecule has 0 aliphatic carbocycles. The minimum atomic E-state index is 1.01. The molecule has 2 nitrogen and oxygen atoms in total. The molecule has 0 aliphatic rings. The van der Waals surface area contributed by atoms with Crippen molar-refractivity contribution < 1.29 is 4.57 Å². The first-order chi connectivity index (χ1) is 7.88. The van der Waals surface area contributed by atoms with Crippen molar-refractivity contribution in [1.82, 2.24) is 4.98 Å². The Bertz CT molecular complexity index is 458. The van der Waals surface area contributed by atoms with E-state index in [0.29, 0.717) is 0 Å². The number of hydrogen-bond donors (Lipinski definition) is 0. The van der Waals surface area contributed by atoms with Gasteiger partial charge in [-0.25, -0.2) is 4.57 Å². The highest BCUT2D eigenvalue weighted by atomic mass is 14.9. The fourth-order valence-corrected chi connectivity index (χ4v) is 1.46. The molecule has 0 spiro atoms. The van der Waals surface area contributed by atoms with Gasteiger partial charge >= 0.3 is 0 Å². The standard InChI is InChI=1S/C14H15N2/c1-2-16-11-7-14(8-12-16)4-3-13-5-9-15-10-6-13/h3-12H,2H2,1H3/q+1/b4-3+. The van der Waals surface area contributed by atoms with Crippen LogP contribution < -0.4 is 4.57 Å². The average Bonchev–Trinajstić information content (AvgIpc) is 2.38. The average molecular weight is 211 g/mol. The van der Waals surface area contributed by atoms with Crippen LogP contribution in [0.1, 0.15) is 18.1 Å². The van der Waals surface area contributed by atoms with Crippen LogP contribution in [0.4, 0.5) is 0 Å². The van der Waals surface area contributed by atoms with E-state index < -0.39 is 0 Å². The summed E-state index contributed by atoms with van der Waals surface area (Å²) < 4.78 is 2.14. The molecular formula is C14H15N2+. The second-order valence-electron chi connectivity index (χ2n) is 3.58. The normalized spacial score (nSPS) is 10.8. The molecule has 16 heavy (non-hydrogen) atoms. The lowest BCUT2D eigenvalue weighted by Gasteiger charge is -1.94. The van der Waals surface area contributed by atoms with Crippen LogP contribution in [-0.4, -0.2) is 4.98 Å². The highest BCUT2D eigenvalue weighted by Crippen LogP contribution is 2.05. The number of aromatic nitrogens is 2. The van der Waals surface area contributed by atoms with Crippen molar-refractivity contribution in [2.45, 2.75) is 13.5 Å². The van der Waals surface area contributed by atoms with E-state index in [1.165, 1.54) is 11.1 Å². The molecule has 0 unspecified atom stereocenters. The second-order valence-corrected chi connectivity index (χ2v) is 3.58. The summed E-state index contributed by atoms with van der Waals surface area (Å²) in [6.45, 7) is 3.14. The summed E-state index contributed by atoms with van der Waals surface area (Å²) in [4.78, 5) is 3.99. The topological polar surface area (TPSA) is 16.8 Å². The SMILES string of the molecule is CC[n+]1ccc(/C=C/c2ccncc2)cc1. The second kappa shape index (κ2) is 5.21. The van der Waals surface area contributed by atoms with Gasteiger partial charge in [-0.15, -0.1) is 0 Å². The van der Waals surface area contributed by atoms with E-state index in [4.69, 9.17) is 0 Å². The van der Waals surface area contributed by atoms with E-state index in [9.17, 15) is 0 Å². The minimum absolute atomic E-state index is 1.01. The molecule has 0 saturated carbocycles. The molecule has 0 aromatic carbocycles. The summed E-state index contributed by atoms with van der Waals surface area (Å²) in [5, 5.41) is 0. The maximum absolute atomic E-state index is 3.99. The molecule has 2 aromatic rings. The highest BCUT2D eigenvalue weighted by Gasteiger charge is 1.94. The quantitative estimate of drug-likeness (QED) is 0.713. The Kier molecular flexibility index (Phi) is 3.44. The number of hydrogen-bond acceptors (Lipinski definition) is 1. The fourth-order valence-electron chi connectivity index (χ4n) is 1.46. The van der Waals surface area contributed by atoms with E-state index in [1.54, 1.807) is 12.4 Å². The van der Waals surface area contributed by atoms with Gasteiger partial charge in [0.05, 0.1) is 0 Å². The first-order valence-corrected chi connectivity index (χ1v) is 5.45. The van der Waals surface area contributed by atoms with Crippen LogP contribution in [0.15, 0.2) is 49.1 Å². The van der Waals surface area contributed by atoms with Gasteiger partial charge in [-0.05, 0) is 30.2 Å². The van der Waals surface area contributed by atoms with Crippen molar-refractivity contribution >= 4 is 12.2 Å².